The molecule has 0 heterocycles. The zero-order valence-electron chi connectivity index (χ0n) is 13.5. The Balaban J connectivity index is 2.27. The van der Waals surface area contributed by atoms with Gasteiger partial charge in [-0.15, -0.1) is 0 Å². The van der Waals surface area contributed by atoms with E-state index in [1.165, 1.54) is 12.5 Å². The molecule has 0 aliphatic heterocycles. The normalized spacial score (nSPS) is 12.6. The van der Waals surface area contributed by atoms with Crippen LogP contribution in [0.3, 0.4) is 0 Å². The molecule has 2 aromatic rings. The van der Waals surface area contributed by atoms with Gasteiger partial charge in [0.15, 0.2) is 0 Å². The van der Waals surface area contributed by atoms with Crippen molar-refractivity contribution in [1.82, 2.24) is 5.43 Å². The van der Waals surface area contributed by atoms with Crippen LogP contribution in [-0.2, 0) is 14.3 Å². The zero-order chi connectivity index (χ0) is 17.9. The largest absolute Gasteiger partial charge is 0.453 e. The van der Waals surface area contributed by atoms with Crippen LogP contribution in [0, 0.1) is 0 Å². The van der Waals surface area contributed by atoms with Crippen molar-refractivity contribution in [3.8, 4) is 0 Å². The summed E-state index contributed by atoms with van der Waals surface area (Å²) in [6.07, 6.45) is 2.75. The van der Waals surface area contributed by atoms with Crippen molar-refractivity contribution in [2.75, 3.05) is 0 Å². The van der Waals surface area contributed by atoms with Crippen molar-refractivity contribution >= 4 is 24.2 Å². The number of nitrogens with zero attached hydrogens (tertiary/aromatic N) is 1. The van der Waals surface area contributed by atoms with E-state index in [2.05, 4.69) is 10.4 Å². The van der Waals surface area contributed by atoms with Gasteiger partial charge in [-0.1, -0.05) is 60.7 Å². The first-order valence-electron chi connectivity index (χ1n) is 7.69. The molecule has 3 N–H and O–H groups in total. The Kier molecular flexibility index (Phi) is 7.09. The molecule has 6 nitrogen and oxygen atoms in total. The minimum Gasteiger partial charge on any atom is -0.453 e. The number of hydrogen-bond donors (Lipinski definition) is 2. The number of nitrogens with one attached hydrogen (secondary N) is 1. The zero-order valence-corrected chi connectivity index (χ0v) is 13.5. The highest BCUT2D eigenvalue weighted by Gasteiger charge is 2.20. The maximum absolute atomic E-state index is 12.7. The molecule has 0 aliphatic carbocycles. The van der Waals surface area contributed by atoms with Gasteiger partial charge in [0.05, 0.1) is 5.57 Å². The van der Waals surface area contributed by atoms with Crippen LogP contribution in [0.15, 0.2) is 71.9 Å². The van der Waals surface area contributed by atoms with Crippen LogP contribution < -0.4 is 11.3 Å². The summed E-state index contributed by atoms with van der Waals surface area (Å²) in [5, 5.41) is 0. The van der Waals surface area contributed by atoms with Crippen LogP contribution in [0.2, 0.25) is 0 Å². The molecular formula is C19H19N3O3. The number of ether oxygens (including phenoxy) is 1. The number of hydrazine groups is 1. The van der Waals surface area contributed by atoms with Gasteiger partial charge in [0.2, 0.25) is 0 Å². The van der Waals surface area contributed by atoms with E-state index in [-0.39, 0.29) is 12.0 Å². The summed E-state index contributed by atoms with van der Waals surface area (Å²) in [5.41, 5.74) is 3.93. The monoisotopic (exact) mass is 337 g/mol. The molecule has 0 aromatic heterocycles. The van der Waals surface area contributed by atoms with E-state index in [0.29, 0.717) is 5.56 Å². The topological polar surface area (TPSA) is 93.8 Å². The molecule has 0 saturated carbocycles. The van der Waals surface area contributed by atoms with Crippen LogP contribution in [0.25, 0.3) is 5.57 Å². The Hall–Kier alpha value is -3.25. The fourth-order valence-corrected chi connectivity index (χ4v) is 2.22. The molecule has 0 bridgehead atoms. The lowest BCUT2D eigenvalue weighted by Gasteiger charge is -2.17. The SMILES string of the molecule is NNC=NC=C(C(=O)OC(CC=O)c1ccccc1)c1ccccc1. The minimum absolute atomic E-state index is 0.0748. The highest BCUT2D eigenvalue weighted by molar-refractivity contribution is 6.16. The Bertz CT molecular complexity index is 743. The van der Waals surface area contributed by atoms with E-state index in [0.717, 1.165) is 11.8 Å². The molecule has 0 aliphatic rings. The summed E-state index contributed by atoms with van der Waals surface area (Å²) in [5.74, 6) is 4.57. The number of benzene rings is 2. The van der Waals surface area contributed by atoms with Crippen molar-refractivity contribution in [2.24, 2.45) is 10.8 Å². The summed E-state index contributed by atoms with van der Waals surface area (Å²) in [4.78, 5) is 27.6. The second kappa shape index (κ2) is 9.79. The van der Waals surface area contributed by atoms with Gasteiger partial charge >= 0.3 is 5.97 Å². The van der Waals surface area contributed by atoms with Gasteiger partial charge in [-0.05, 0) is 11.1 Å². The third kappa shape index (κ3) is 5.40. The first kappa shape index (κ1) is 18.1. The van der Waals surface area contributed by atoms with Gasteiger partial charge in [0.25, 0.3) is 0 Å². The molecule has 128 valence electrons. The van der Waals surface area contributed by atoms with E-state index < -0.39 is 12.1 Å². The molecule has 1 unspecified atom stereocenters. The Morgan fingerprint density at radius 1 is 1.12 bits per heavy atom. The van der Waals surface area contributed by atoms with Gasteiger partial charge in [-0.3, -0.25) is 0 Å². The van der Waals surface area contributed by atoms with Crippen LogP contribution in [-0.4, -0.2) is 18.6 Å². The molecule has 0 spiro atoms. The fraction of sp³-hybridized carbons (Fsp3) is 0.105. The predicted molar refractivity (Wildman–Crippen MR) is 96.2 cm³/mol. The second-order valence-electron chi connectivity index (χ2n) is 5.06. The first-order chi connectivity index (χ1) is 12.3. The smallest absolute Gasteiger partial charge is 0.340 e. The number of carbonyl (C=O) groups is 2. The van der Waals surface area contributed by atoms with Crippen LogP contribution in [0.1, 0.15) is 23.7 Å². The minimum atomic E-state index is -0.657. The molecule has 6 heteroatoms. The molecule has 0 amide bonds. The summed E-state index contributed by atoms with van der Waals surface area (Å²) in [7, 11) is 0. The Morgan fingerprint density at radius 2 is 1.76 bits per heavy atom. The lowest BCUT2D eigenvalue weighted by atomic mass is 10.1. The summed E-state index contributed by atoms with van der Waals surface area (Å²) < 4.78 is 5.56. The average Bonchev–Trinajstić information content (AvgIpc) is 2.66. The first-order valence-corrected chi connectivity index (χ1v) is 7.69. The van der Waals surface area contributed by atoms with Crippen LogP contribution in [0.5, 0.6) is 0 Å². The standard InChI is InChI=1S/C19H19N3O3/c20-22-14-21-13-17(15-7-3-1-4-8-15)19(24)25-18(11-12-23)16-9-5-2-6-10-16/h1-10,12-14,18H,11,20H2,(H,21,22). The number of aliphatic imine (C=N–C) groups is 1. The van der Waals surface area contributed by atoms with Gasteiger partial charge < -0.3 is 15.0 Å². The van der Waals surface area contributed by atoms with Crippen LogP contribution in [0.4, 0.5) is 0 Å². The van der Waals surface area contributed by atoms with Crippen LogP contribution >= 0.6 is 0 Å². The molecule has 0 saturated heterocycles. The molecule has 0 fully saturated rings. The van der Waals surface area contributed by atoms with E-state index in [4.69, 9.17) is 10.6 Å². The Labute approximate surface area is 146 Å². The van der Waals surface area contributed by atoms with Crippen molar-refractivity contribution in [2.45, 2.75) is 12.5 Å². The summed E-state index contributed by atoms with van der Waals surface area (Å²) in [6, 6.07) is 18.1. The van der Waals surface area contributed by atoms with Gasteiger partial charge in [-0.25, -0.2) is 15.6 Å². The number of carbonyl (C=O) groups excluding carboxylic acids is 2. The third-order valence-corrected chi connectivity index (χ3v) is 3.39. The van der Waals surface area contributed by atoms with Gasteiger partial charge in [0.1, 0.15) is 18.7 Å². The molecule has 1 atom stereocenters. The van der Waals surface area contributed by atoms with E-state index >= 15 is 0 Å². The summed E-state index contributed by atoms with van der Waals surface area (Å²) in [6.45, 7) is 0. The molecule has 0 radical (unpaired) electrons. The Morgan fingerprint density at radius 3 is 2.36 bits per heavy atom. The maximum atomic E-state index is 12.7. The average molecular weight is 337 g/mol. The van der Waals surface area contributed by atoms with Crippen molar-refractivity contribution in [3.63, 3.8) is 0 Å². The number of esters is 1. The lowest BCUT2D eigenvalue weighted by Crippen LogP contribution is -2.18. The number of nitrogens with two attached hydrogens (primary N) is 1. The van der Waals surface area contributed by atoms with Crippen molar-refractivity contribution in [3.05, 3.63) is 78.0 Å². The van der Waals surface area contributed by atoms with Gasteiger partial charge in [0, 0.05) is 12.6 Å². The maximum Gasteiger partial charge on any atom is 0.340 e. The molecular weight excluding hydrogens is 318 g/mol. The molecule has 25 heavy (non-hydrogen) atoms. The number of aldehydes is 1. The van der Waals surface area contributed by atoms with Crippen molar-refractivity contribution < 1.29 is 14.3 Å². The highest BCUT2D eigenvalue weighted by atomic mass is 16.5. The fourth-order valence-electron chi connectivity index (χ4n) is 2.22. The quantitative estimate of drug-likeness (QED) is 0.147. The lowest BCUT2D eigenvalue weighted by molar-refractivity contribution is -0.142. The predicted octanol–water partition coefficient (Wildman–Crippen LogP) is 2.39. The van der Waals surface area contributed by atoms with E-state index in [9.17, 15) is 9.59 Å². The molecule has 2 aromatic carbocycles. The number of rotatable bonds is 8. The third-order valence-electron chi connectivity index (χ3n) is 3.39. The van der Waals surface area contributed by atoms with E-state index in [1.807, 2.05) is 36.4 Å². The van der Waals surface area contributed by atoms with E-state index in [1.54, 1.807) is 24.3 Å². The molecule has 2 rings (SSSR count). The summed E-state index contributed by atoms with van der Waals surface area (Å²) >= 11 is 0. The second-order valence-corrected chi connectivity index (χ2v) is 5.06. The number of hydrogen-bond acceptors (Lipinski definition) is 5. The highest BCUT2D eigenvalue weighted by Crippen LogP contribution is 2.24. The van der Waals surface area contributed by atoms with Gasteiger partial charge in [-0.2, -0.15) is 0 Å². The van der Waals surface area contributed by atoms with Crippen molar-refractivity contribution in [1.29, 1.82) is 0 Å².